The molecule has 5 rings (SSSR count). The van der Waals surface area contributed by atoms with E-state index < -0.39 is 17.7 Å². The van der Waals surface area contributed by atoms with E-state index in [1.165, 1.54) is 0 Å². The topological polar surface area (TPSA) is 73.4 Å². The van der Waals surface area contributed by atoms with Crippen LogP contribution in [0.15, 0.2) is 60.3 Å². The van der Waals surface area contributed by atoms with Crippen LogP contribution in [0.5, 0.6) is 0 Å². The van der Waals surface area contributed by atoms with Crippen molar-refractivity contribution in [1.29, 1.82) is 0 Å². The van der Waals surface area contributed by atoms with Crippen LogP contribution in [0.3, 0.4) is 0 Å². The predicted octanol–water partition coefficient (Wildman–Crippen LogP) is 5.48. The maximum atomic E-state index is 13.3. The normalized spacial score (nSPS) is 21.5. The number of hydrogen-bond acceptors (Lipinski definition) is 3. The minimum Gasteiger partial charge on any atom is -0.507 e. The predicted molar refractivity (Wildman–Crippen MR) is 125 cm³/mol. The van der Waals surface area contributed by atoms with Gasteiger partial charge in [0.25, 0.3) is 11.7 Å². The quantitative estimate of drug-likeness (QED) is 0.328. The fourth-order valence-electron chi connectivity index (χ4n) is 5.27. The molecule has 2 heterocycles. The standard InChI is InChI=1S/C27H28N2O3/c1-2-17-12-14-18(15-13-17)25(30)23-24(21-16-28-22-11-7-6-10-20(21)22)29(27(32)26(23)31)19-8-4-3-5-9-19/h6-7,10-16,19,24,28,30H,2-5,8-9H2,1H3/b25-23+. The van der Waals surface area contributed by atoms with Gasteiger partial charge in [-0.05, 0) is 30.9 Å². The molecule has 2 N–H and O–H groups in total. The lowest BCUT2D eigenvalue weighted by molar-refractivity contribution is -0.141. The van der Waals surface area contributed by atoms with E-state index in [0.717, 1.165) is 60.6 Å². The number of benzene rings is 2. The number of Topliss-reactive ketones (excluding diaryl/α,β-unsaturated/α-hetero) is 1. The molecular formula is C27H28N2O3. The van der Waals surface area contributed by atoms with E-state index in [2.05, 4.69) is 11.9 Å². The second kappa shape index (κ2) is 8.30. The van der Waals surface area contributed by atoms with Gasteiger partial charge in [0.1, 0.15) is 5.76 Å². The number of H-pyrrole nitrogens is 1. The van der Waals surface area contributed by atoms with Crippen molar-refractivity contribution >= 4 is 28.4 Å². The van der Waals surface area contributed by atoms with E-state index in [1.54, 1.807) is 4.90 Å². The van der Waals surface area contributed by atoms with E-state index in [9.17, 15) is 14.7 Å². The number of hydrogen-bond donors (Lipinski definition) is 2. The molecule has 0 spiro atoms. The fourth-order valence-corrected chi connectivity index (χ4v) is 5.27. The average molecular weight is 429 g/mol. The SMILES string of the molecule is CCc1ccc(/C(O)=C2\C(=O)C(=O)N(C3CCCCC3)C2c2c[nH]c3ccccc23)cc1. The van der Waals surface area contributed by atoms with Crippen molar-refractivity contribution in [3.05, 3.63) is 77.0 Å². The molecule has 1 aliphatic heterocycles. The van der Waals surface area contributed by atoms with Crippen LogP contribution in [0, 0.1) is 0 Å². The van der Waals surface area contributed by atoms with Gasteiger partial charge >= 0.3 is 0 Å². The number of fused-ring (bicyclic) bond motifs is 1. The van der Waals surface area contributed by atoms with E-state index >= 15 is 0 Å². The minimum atomic E-state index is -0.597. The summed E-state index contributed by atoms with van der Waals surface area (Å²) < 4.78 is 0. The van der Waals surface area contributed by atoms with Gasteiger partial charge in [-0.3, -0.25) is 9.59 Å². The number of nitrogens with one attached hydrogen (secondary N) is 1. The van der Waals surface area contributed by atoms with Gasteiger partial charge in [-0.1, -0.05) is 68.7 Å². The molecule has 2 aromatic carbocycles. The Morgan fingerprint density at radius 2 is 1.75 bits per heavy atom. The molecule has 1 amide bonds. The summed E-state index contributed by atoms with van der Waals surface area (Å²) in [6.45, 7) is 2.07. The number of aromatic amines is 1. The number of amides is 1. The van der Waals surface area contributed by atoms with Gasteiger partial charge in [-0.25, -0.2) is 0 Å². The molecule has 5 heteroatoms. The summed E-state index contributed by atoms with van der Waals surface area (Å²) in [5.41, 5.74) is 3.71. The second-order valence-corrected chi connectivity index (χ2v) is 8.84. The Bertz CT molecular complexity index is 1200. The molecule has 2 aliphatic rings. The molecule has 1 aromatic heterocycles. The molecule has 1 atom stereocenters. The van der Waals surface area contributed by atoms with E-state index in [4.69, 9.17) is 0 Å². The molecule has 1 saturated heterocycles. The summed E-state index contributed by atoms with van der Waals surface area (Å²) >= 11 is 0. The summed E-state index contributed by atoms with van der Waals surface area (Å²) in [5.74, 6) is -1.19. The zero-order valence-corrected chi connectivity index (χ0v) is 18.3. The van der Waals surface area contributed by atoms with Crippen LogP contribution >= 0.6 is 0 Å². The first-order valence-electron chi connectivity index (χ1n) is 11.6. The molecule has 1 unspecified atom stereocenters. The Kier molecular flexibility index (Phi) is 5.33. The first-order chi connectivity index (χ1) is 15.6. The average Bonchev–Trinajstić information content (AvgIpc) is 3.38. The van der Waals surface area contributed by atoms with Gasteiger partial charge in [-0.15, -0.1) is 0 Å². The van der Waals surface area contributed by atoms with Crippen molar-refractivity contribution < 1.29 is 14.7 Å². The van der Waals surface area contributed by atoms with Crippen molar-refractivity contribution in [1.82, 2.24) is 9.88 Å². The molecule has 32 heavy (non-hydrogen) atoms. The summed E-state index contributed by atoms with van der Waals surface area (Å²) in [4.78, 5) is 31.7. The van der Waals surface area contributed by atoms with Crippen LogP contribution in [-0.2, 0) is 16.0 Å². The number of likely N-dealkylation sites (tertiary alicyclic amines) is 1. The smallest absolute Gasteiger partial charge is 0.295 e. The highest BCUT2D eigenvalue weighted by molar-refractivity contribution is 6.46. The van der Waals surface area contributed by atoms with Crippen LogP contribution < -0.4 is 0 Å². The highest BCUT2D eigenvalue weighted by Gasteiger charge is 2.49. The largest absolute Gasteiger partial charge is 0.507 e. The van der Waals surface area contributed by atoms with Crippen molar-refractivity contribution in [2.45, 2.75) is 57.5 Å². The molecular weight excluding hydrogens is 400 g/mol. The van der Waals surface area contributed by atoms with Crippen LogP contribution in [0.4, 0.5) is 0 Å². The second-order valence-electron chi connectivity index (χ2n) is 8.84. The third-order valence-corrected chi connectivity index (χ3v) is 7.00. The fraction of sp³-hybridized carbons (Fsp3) is 0.333. The first-order valence-corrected chi connectivity index (χ1v) is 11.6. The van der Waals surface area contributed by atoms with Gasteiger partial charge in [0.2, 0.25) is 0 Å². The van der Waals surface area contributed by atoms with Crippen molar-refractivity contribution in [3.8, 4) is 0 Å². The minimum absolute atomic E-state index is 0.00614. The number of aryl methyl sites for hydroxylation is 1. The van der Waals surface area contributed by atoms with E-state index in [0.29, 0.717) is 5.56 Å². The maximum absolute atomic E-state index is 13.3. The lowest BCUT2D eigenvalue weighted by atomic mass is 9.90. The van der Waals surface area contributed by atoms with Crippen molar-refractivity contribution in [2.24, 2.45) is 0 Å². The highest BCUT2D eigenvalue weighted by atomic mass is 16.3. The number of para-hydroxylation sites is 1. The monoisotopic (exact) mass is 428 g/mol. The highest BCUT2D eigenvalue weighted by Crippen LogP contribution is 2.44. The molecule has 164 valence electrons. The van der Waals surface area contributed by atoms with E-state index in [-0.39, 0.29) is 17.4 Å². The van der Waals surface area contributed by atoms with Crippen LogP contribution in [0.1, 0.15) is 61.8 Å². The third kappa shape index (κ3) is 3.32. The maximum Gasteiger partial charge on any atom is 0.295 e. The third-order valence-electron chi connectivity index (χ3n) is 7.00. The molecule has 3 aromatic rings. The Hall–Kier alpha value is -3.34. The molecule has 0 radical (unpaired) electrons. The lowest BCUT2D eigenvalue weighted by Crippen LogP contribution is -2.40. The number of aromatic nitrogens is 1. The summed E-state index contributed by atoms with van der Waals surface area (Å²) in [6, 6.07) is 14.9. The van der Waals surface area contributed by atoms with E-state index in [1.807, 2.05) is 54.7 Å². The number of carbonyl (C=O) groups is 2. The number of nitrogens with zero attached hydrogens (tertiary/aromatic N) is 1. The number of carbonyl (C=O) groups excluding carboxylic acids is 2. The zero-order valence-electron chi connectivity index (χ0n) is 18.3. The Balaban J connectivity index is 1.69. The summed E-state index contributed by atoms with van der Waals surface area (Å²) in [6.07, 6.45) is 7.79. The van der Waals surface area contributed by atoms with Gasteiger partial charge < -0.3 is 15.0 Å². The molecule has 0 bridgehead atoms. The van der Waals surface area contributed by atoms with Crippen LogP contribution in [-0.4, -0.2) is 32.7 Å². The Labute approximate surface area is 187 Å². The molecule has 1 saturated carbocycles. The van der Waals surface area contributed by atoms with Crippen LogP contribution in [0.25, 0.3) is 16.7 Å². The molecule has 5 nitrogen and oxygen atoms in total. The Morgan fingerprint density at radius 1 is 1.03 bits per heavy atom. The van der Waals surface area contributed by atoms with Crippen LogP contribution in [0.2, 0.25) is 0 Å². The Morgan fingerprint density at radius 3 is 2.47 bits per heavy atom. The van der Waals surface area contributed by atoms with Gasteiger partial charge in [0.05, 0.1) is 11.6 Å². The zero-order chi connectivity index (χ0) is 22.2. The first kappa shape index (κ1) is 20.6. The number of aliphatic hydroxyl groups excluding tert-OH is 1. The molecule has 2 fully saturated rings. The molecule has 1 aliphatic carbocycles. The van der Waals surface area contributed by atoms with Crippen molar-refractivity contribution in [2.75, 3.05) is 0 Å². The lowest BCUT2D eigenvalue weighted by Gasteiger charge is -2.35. The van der Waals surface area contributed by atoms with Gasteiger partial charge in [0, 0.05) is 34.3 Å². The number of aliphatic hydroxyl groups is 1. The summed E-state index contributed by atoms with van der Waals surface area (Å²) in [7, 11) is 0. The summed E-state index contributed by atoms with van der Waals surface area (Å²) in [5, 5.41) is 12.3. The van der Waals surface area contributed by atoms with Gasteiger partial charge in [0.15, 0.2) is 0 Å². The van der Waals surface area contributed by atoms with Crippen molar-refractivity contribution in [3.63, 3.8) is 0 Å². The van der Waals surface area contributed by atoms with Gasteiger partial charge in [-0.2, -0.15) is 0 Å². The number of rotatable bonds is 4. The number of ketones is 1.